The van der Waals surface area contributed by atoms with Crippen molar-refractivity contribution >= 4 is 21.6 Å². The van der Waals surface area contributed by atoms with Crippen molar-refractivity contribution in [2.24, 2.45) is 0 Å². The number of aryl methyl sites for hydroxylation is 1. The van der Waals surface area contributed by atoms with Crippen LogP contribution in [-0.2, 0) is 16.6 Å². The number of benzene rings is 2. The molecule has 2 aromatic carbocycles. The van der Waals surface area contributed by atoms with Crippen LogP contribution < -0.4 is 4.31 Å². The Bertz CT molecular complexity index is 1140. The first kappa shape index (κ1) is 22.5. The molecule has 164 valence electrons. The third-order valence-electron chi connectivity index (χ3n) is 4.89. The smallest absolute Gasteiger partial charge is 0.254 e. The van der Waals surface area contributed by atoms with Crippen LogP contribution in [-0.4, -0.2) is 48.7 Å². The van der Waals surface area contributed by atoms with E-state index < -0.39 is 10.0 Å². The van der Waals surface area contributed by atoms with Crippen LogP contribution in [0.3, 0.4) is 0 Å². The number of carbonyl (C=O) groups excluding carboxylic acids is 1. The molecule has 8 nitrogen and oxygen atoms in total. The van der Waals surface area contributed by atoms with Gasteiger partial charge < -0.3 is 9.42 Å². The minimum Gasteiger partial charge on any atom is -0.337 e. The maximum absolute atomic E-state index is 12.8. The van der Waals surface area contributed by atoms with Crippen LogP contribution >= 0.6 is 0 Å². The van der Waals surface area contributed by atoms with Crippen molar-refractivity contribution < 1.29 is 17.7 Å². The number of hydrogen-bond donors (Lipinski definition) is 0. The van der Waals surface area contributed by atoms with Gasteiger partial charge in [-0.3, -0.25) is 9.10 Å². The van der Waals surface area contributed by atoms with Gasteiger partial charge >= 0.3 is 0 Å². The maximum atomic E-state index is 12.8. The van der Waals surface area contributed by atoms with Gasteiger partial charge in [0.2, 0.25) is 21.7 Å². The summed E-state index contributed by atoms with van der Waals surface area (Å²) in [5.41, 5.74) is 2.95. The monoisotopic (exact) mass is 442 g/mol. The van der Waals surface area contributed by atoms with Gasteiger partial charge in [-0.2, -0.15) is 4.98 Å². The zero-order valence-electron chi connectivity index (χ0n) is 18.1. The first-order valence-electron chi connectivity index (χ1n) is 10.0. The maximum Gasteiger partial charge on any atom is 0.254 e. The van der Waals surface area contributed by atoms with E-state index in [4.69, 9.17) is 4.52 Å². The van der Waals surface area contributed by atoms with Crippen molar-refractivity contribution in [1.29, 1.82) is 0 Å². The van der Waals surface area contributed by atoms with Gasteiger partial charge in [-0.05, 0) is 45.0 Å². The molecule has 9 heteroatoms. The van der Waals surface area contributed by atoms with E-state index in [1.165, 1.54) is 9.21 Å². The molecule has 0 bridgehead atoms. The average Bonchev–Trinajstić information content (AvgIpc) is 3.23. The Morgan fingerprint density at radius 3 is 2.26 bits per heavy atom. The lowest BCUT2D eigenvalue weighted by molar-refractivity contribution is 0.0769. The number of nitrogens with zero attached hydrogens (tertiary/aromatic N) is 4. The molecule has 0 radical (unpaired) electrons. The zero-order chi connectivity index (χ0) is 22.6. The number of aromatic nitrogens is 2. The number of rotatable bonds is 8. The van der Waals surface area contributed by atoms with E-state index in [1.54, 1.807) is 45.2 Å². The fourth-order valence-corrected chi connectivity index (χ4v) is 4.25. The van der Waals surface area contributed by atoms with Crippen molar-refractivity contribution in [2.75, 3.05) is 23.7 Å². The van der Waals surface area contributed by atoms with Crippen molar-refractivity contribution in [3.63, 3.8) is 0 Å². The molecular formula is C22H26N4O4S. The third kappa shape index (κ3) is 5.11. The molecule has 1 amide bonds. The lowest BCUT2D eigenvalue weighted by Gasteiger charge is -2.22. The van der Waals surface area contributed by atoms with Crippen LogP contribution in [0.15, 0.2) is 53.1 Å². The lowest BCUT2D eigenvalue weighted by atomic mass is 10.1. The highest BCUT2D eigenvalue weighted by Crippen LogP contribution is 2.20. The summed E-state index contributed by atoms with van der Waals surface area (Å²) in [5.74, 6) is 0.577. The molecule has 0 N–H and O–H groups in total. The second-order valence-electron chi connectivity index (χ2n) is 7.15. The Labute approximate surface area is 182 Å². The molecule has 3 rings (SSSR count). The highest BCUT2D eigenvalue weighted by atomic mass is 32.2. The van der Waals surface area contributed by atoms with Crippen LogP contribution in [0.25, 0.3) is 11.4 Å². The molecule has 0 fully saturated rings. The largest absolute Gasteiger partial charge is 0.337 e. The summed E-state index contributed by atoms with van der Waals surface area (Å²) in [6.45, 7) is 5.86. The van der Waals surface area contributed by atoms with Crippen LogP contribution in [0.2, 0.25) is 0 Å². The highest BCUT2D eigenvalue weighted by molar-refractivity contribution is 7.92. The van der Waals surface area contributed by atoms with Gasteiger partial charge in [0.05, 0.1) is 18.0 Å². The number of sulfonamides is 1. The molecule has 1 aromatic heterocycles. The molecule has 0 aliphatic rings. The molecule has 3 aromatic rings. The average molecular weight is 443 g/mol. The molecule has 0 atom stereocenters. The van der Waals surface area contributed by atoms with E-state index in [1.807, 2.05) is 31.2 Å². The van der Waals surface area contributed by atoms with Gasteiger partial charge in [0.25, 0.3) is 5.91 Å². The standard InChI is InChI=1S/C22H26N4O4S/c1-5-26(31(28,29)6-2)19-13-11-18(12-14-19)22(27)25(4)15-20-23-21(24-30-20)17-9-7-16(3)8-10-17/h7-14H,5-6,15H2,1-4H3. The van der Waals surface area contributed by atoms with Crippen LogP contribution in [0, 0.1) is 6.92 Å². The Morgan fingerprint density at radius 2 is 1.68 bits per heavy atom. The topological polar surface area (TPSA) is 96.6 Å². The van der Waals surface area contributed by atoms with Crippen molar-refractivity contribution in [1.82, 2.24) is 15.0 Å². The lowest BCUT2D eigenvalue weighted by Crippen LogP contribution is -2.32. The Balaban J connectivity index is 1.70. The highest BCUT2D eigenvalue weighted by Gasteiger charge is 2.20. The summed E-state index contributed by atoms with van der Waals surface area (Å²) in [4.78, 5) is 18.6. The van der Waals surface area contributed by atoms with Crippen molar-refractivity contribution in [3.8, 4) is 11.4 Å². The summed E-state index contributed by atoms with van der Waals surface area (Å²) in [6.07, 6.45) is 0. The molecule has 0 aliphatic heterocycles. The first-order chi connectivity index (χ1) is 14.7. The molecule has 0 saturated carbocycles. The third-order valence-corrected chi connectivity index (χ3v) is 6.76. The van der Waals surface area contributed by atoms with Crippen LogP contribution in [0.5, 0.6) is 0 Å². The zero-order valence-corrected chi connectivity index (χ0v) is 18.9. The van der Waals surface area contributed by atoms with Gasteiger partial charge in [0.1, 0.15) is 0 Å². The van der Waals surface area contributed by atoms with E-state index in [0.29, 0.717) is 29.5 Å². The van der Waals surface area contributed by atoms with Crippen LogP contribution in [0.1, 0.15) is 35.7 Å². The van der Waals surface area contributed by atoms with Gasteiger partial charge in [0.15, 0.2) is 0 Å². The Morgan fingerprint density at radius 1 is 1.03 bits per heavy atom. The molecule has 1 heterocycles. The number of carbonyl (C=O) groups is 1. The predicted octanol–water partition coefficient (Wildman–Crippen LogP) is 3.49. The van der Waals surface area contributed by atoms with E-state index >= 15 is 0 Å². The second kappa shape index (κ2) is 9.30. The minimum absolute atomic E-state index is 0.0129. The van der Waals surface area contributed by atoms with Crippen molar-refractivity contribution in [3.05, 3.63) is 65.5 Å². The quantitative estimate of drug-likeness (QED) is 0.530. The summed E-state index contributed by atoms with van der Waals surface area (Å²) in [5, 5.41) is 3.99. The molecular weight excluding hydrogens is 416 g/mol. The van der Waals surface area contributed by atoms with Gasteiger partial charge in [-0.25, -0.2) is 8.42 Å². The van der Waals surface area contributed by atoms with E-state index in [-0.39, 0.29) is 18.2 Å². The SMILES string of the molecule is CCN(c1ccc(C(=O)N(C)Cc2nc(-c3ccc(C)cc3)no2)cc1)S(=O)(=O)CC. The summed E-state index contributed by atoms with van der Waals surface area (Å²) in [6, 6.07) is 14.3. The Hall–Kier alpha value is -3.20. The van der Waals surface area contributed by atoms with Gasteiger partial charge in [-0.1, -0.05) is 35.0 Å². The van der Waals surface area contributed by atoms with E-state index in [9.17, 15) is 13.2 Å². The second-order valence-corrected chi connectivity index (χ2v) is 9.33. The fraction of sp³-hybridized carbons (Fsp3) is 0.318. The van der Waals surface area contributed by atoms with Crippen LogP contribution in [0.4, 0.5) is 5.69 Å². The number of amides is 1. The number of hydrogen-bond acceptors (Lipinski definition) is 6. The summed E-state index contributed by atoms with van der Waals surface area (Å²) < 4.78 is 31.0. The van der Waals surface area contributed by atoms with Crippen molar-refractivity contribution in [2.45, 2.75) is 27.3 Å². The molecule has 0 spiro atoms. The van der Waals surface area contributed by atoms with Gasteiger partial charge in [0, 0.05) is 24.7 Å². The fourth-order valence-electron chi connectivity index (χ4n) is 3.10. The minimum atomic E-state index is -3.37. The molecule has 0 saturated heterocycles. The number of anilines is 1. The van der Waals surface area contributed by atoms with Gasteiger partial charge in [-0.15, -0.1) is 0 Å². The molecule has 31 heavy (non-hydrogen) atoms. The summed E-state index contributed by atoms with van der Waals surface area (Å²) in [7, 11) is -1.72. The Kier molecular flexibility index (Phi) is 6.74. The predicted molar refractivity (Wildman–Crippen MR) is 119 cm³/mol. The molecule has 0 aliphatic carbocycles. The van der Waals surface area contributed by atoms with E-state index in [2.05, 4.69) is 10.1 Å². The first-order valence-corrected chi connectivity index (χ1v) is 11.6. The normalized spacial score (nSPS) is 11.4. The molecule has 0 unspecified atom stereocenters. The summed E-state index contributed by atoms with van der Waals surface area (Å²) >= 11 is 0. The van der Waals surface area contributed by atoms with E-state index in [0.717, 1.165) is 11.1 Å².